The molecule has 0 aromatic heterocycles. The van der Waals surface area contributed by atoms with E-state index in [1.54, 1.807) is 24.3 Å². The van der Waals surface area contributed by atoms with Crippen LogP contribution in [0.15, 0.2) is 29.4 Å². The predicted octanol–water partition coefficient (Wildman–Crippen LogP) is 2.98. The molecule has 0 radical (unpaired) electrons. The Morgan fingerprint density at radius 2 is 2.05 bits per heavy atom. The number of carbonyl (C=O) groups is 1. The minimum Gasteiger partial charge on any atom is -0.482 e. The summed E-state index contributed by atoms with van der Waals surface area (Å²) in [5.41, 5.74) is 0.922. The highest BCUT2D eigenvalue weighted by Crippen LogP contribution is 2.18. The van der Waals surface area contributed by atoms with Gasteiger partial charge in [-0.2, -0.15) is 0 Å². The standard InChI is InChI=1S/C16H21ClN2O3/c1-11-9-19(3)12(2)8-15(11)18-22-16(20)10-21-14-6-4-13(17)5-7-14/h4-7,11-12H,8-10H2,1-3H3/b18-15-/t11-,12-/m1/s1. The lowest BCUT2D eigenvalue weighted by Crippen LogP contribution is -2.43. The molecule has 0 aliphatic carbocycles. The van der Waals surface area contributed by atoms with Crippen LogP contribution in [0.25, 0.3) is 0 Å². The molecule has 0 N–H and O–H groups in total. The van der Waals surface area contributed by atoms with Crippen LogP contribution in [-0.2, 0) is 9.63 Å². The van der Waals surface area contributed by atoms with E-state index in [4.69, 9.17) is 21.2 Å². The molecule has 1 saturated heterocycles. The fraction of sp³-hybridized carbons (Fsp3) is 0.500. The van der Waals surface area contributed by atoms with E-state index in [-0.39, 0.29) is 12.5 Å². The van der Waals surface area contributed by atoms with Crippen molar-refractivity contribution in [2.45, 2.75) is 26.3 Å². The molecule has 5 nitrogen and oxygen atoms in total. The molecular weight excluding hydrogens is 304 g/mol. The number of carbonyl (C=O) groups excluding carboxylic acids is 1. The number of rotatable bonds is 4. The van der Waals surface area contributed by atoms with Crippen LogP contribution in [0.3, 0.4) is 0 Å². The van der Waals surface area contributed by atoms with Gasteiger partial charge in [0.1, 0.15) is 5.75 Å². The van der Waals surface area contributed by atoms with Crippen molar-refractivity contribution >= 4 is 23.3 Å². The molecule has 0 bridgehead atoms. The van der Waals surface area contributed by atoms with Gasteiger partial charge in [0.05, 0.1) is 5.71 Å². The van der Waals surface area contributed by atoms with E-state index in [1.807, 2.05) is 0 Å². The summed E-state index contributed by atoms with van der Waals surface area (Å²) in [6.45, 7) is 4.95. The van der Waals surface area contributed by atoms with Crippen LogP contribution in [0.5, 0.6) is 5.75 Å². The smallest absolute Gasteiger partial charge is 0.372 e. The third-order valence-corrected chi connectivity index (χ3v) is 4.07. The molecule has 1 aromatic carbocycles. The second-order valence-corrected chi connectivity index (χ2v) is 6.12. The van der Waals surface area contributed by atoms with Crippen molar-refractivity contribution in [3.05, 3.63) is 29.3 Å². The summed E-state index contributed by atoms with van der Waals surface area (Å²) >= 11 is 5.78. The highest BCUT2D eigenvalue weighted by atomic mass is 35.5. The summed E-state index contributed by atoms with van der Waals surface area (Å²) in [7, 11) is 2.09. The van der Waals surface area contributed by atoms with Crippen molar-refractivity contribution in [3.8, 4) is 5.75 Å². The van der Waals surface area contributed by atoms with E-state index in [1.165, 1.54) is 0 Å². The highest BCUT2D eigenvalue weighted by Gasteiger charge is 2.26. The Morgan fingerprint density at radius 1 is 1.36 bits per heavy atom. The first-order chi connectivity index (χ1) is 10.5. The lowest BCUT2D eigenvalue weighted by molar-refractivity contribution is -0.146. The van der Waals surface area contributed by atoms with Gasteiger partial charge >= 0.3 is 5.97 Å². The van der Waals surface area contributed by atoms with Crippen LogP contribution in [0.1, 0.15) is 20.3 Å². The minimum absolute atomic E-state index is 0.178. The molecule has 1 aliphatic rings. The molecule has 2 atom stereocenters. The Bertz CT molecular complexity index is 545. The molecule has 6 heteroatoms. The topological polar surface area (TPSA) is 51.1 Å². The van der Waals surface area contributed by atoms with Gasteiger partial charge in [-0.15, -0.1) is 0 Å². The maximum Gasteiger partial charge on any atom is 0.372 e. The SMILES string of the molecule is C[C@@H]1CN(C)[C@H](C)C/C1=N/OC(=O)COc1ccc(Cl)cc1. The van der Waals surface area contributed by atoms with Gasteiger partial charge in [0.2, 0.25) is 0 Å². The lowest BCUT2D eigenvalue weighted by atomic mass is 9.93. The van der Waals surface area contributed by atoms with E-state index in [0.717, 1.165) is 18.7 Å². The monoisotopic (exact) mass is 324 g/mol. The van der Waals surface area contributed by atoms with Crippen molar-refractivity contribution in [1.82, 2.24) is 4.90 Å². The van der Waals surface area contributed by atoms with E-state index in [0.29, 0.717) is 16.8 Å². The predicted molar refractivity (Wildman–Crippen MR) is 86.3 cm³/mol. The molecular formula is C16H21ClN2O3. The van der Waals surface area contributed by atoms with E-state index in [2.05, 4.69) is 31.0 Å². The third kappa shape index (κ3) is 4.71. The third-order valence-electron chi connectivity index (χ3n) is 3.82. The zero-order chi connectivity index (χ0) is 16.1. The molecule has 2 rings (SSSR count). The number of hydrogen-bond acceptors (Lipinski definition) is 5. The number of oxime groups is 1. The first-order valence-electron chi connectivity index (χ1n) is 7.31. The van der Waals surface area contributed by atoms with Gasteiger partial charge < -0.3 is 14.5 Å². The van der Waals surface area contributed by atoms with Crippen LogP contribution in [0.2, 0.25) is 5.02 Å². The van der Waals surface area contributed by atoms with Crippen molar-refractivity contribution in [2.75, 3.05) is 20.2 Å². The molecule has 1 aliphatic heterocycles. The Balaban J connectivity index is 1.81. The van der Waals surface area contributed by atoms with Gasteiger partial charge in [-0.1, -0.05) is 23.7 Å². The summed E-state index contributed by atoms with van der Waals surface area (Å²) in [6, 6.07) is 7.19. The van der Waals surface area contributed by atoms with Gasteiger partial charge in [-0.25, -0.2) is 4.79 Å². The van der Waals surface area contributed by atoms with Gasteiger partial charge in [0.15, 0.2) is 6.61 Å². The number of ether oxygens (including phenoxy) is 1. The Hall–Kier alpha value is -1.59. The Labute approximate surface area is 135 Å². The van der Waals surface area contributed by atoms with Crippen LogP contribution in [0.4, 0.5) is 0 Å². The molecule has 0 unspecified atom stereocenters. The molecule has 120 valence electrons. The summed E-state index contributed by atoms with van der Waals surface area (Å²) in [4.78, 5) is 18.9. The molecule has 1 heterocycles. The van der Waals surface area contributed by atoms with E-state index >= 15 is 0 Å². The van der Waals surface area contributed by atoms with Crippen molar-refractivity contribution in [3.63, 3.8) is 0 Å². The Kier molecular flexibility index (Phi) is 5.80. The molecule has 0 amide bonds. The molecule has 0 saturated carbocycles. The largest absolute Gasteiger partial charge is 0.482 e. The Morgan fingerprint density at radius 3 is 2.73 bits per heavy atom. The summed E-state index contributed by atoms with van der Waals surface area (Å²) in [6.07, 6.45) is 0.809. The first-order valence-corrected chi connectivity index (χ1v) is 7.68. The second kappa shape index (κ2) is 7.61. The average molecular weight is 325 g/mol. The average Bonchev–Trinajstić information content (AvgIpc) is 2.49. The van der Waals surface area contributed by atoms with Gasteiger partial charge in [0.25, 0.3) is 0 Å². The van der Waals surface area contributed by atoms with Crippen molar-refractivity contribution in [2.24, 2.45) is 11.1 Å². The maximum atomic E-state index is 11.7. The number of piperidine rings is 1. The van der Waals surface area contributed by atoms with Gasteiger partial charge in [-0.3, -0.25) is 0 Å². The normalized spacial score (nSPS) is 24.3. The molecule has 1 fully saturated rings. The minimum atomic E-state index is -0.513. The zero-order valence-corrected chi connectivity index (χ0v) is 13.8. The van der Waals surface area contributed by atoms with Crippen LogP contribution in [0, 0.1) is 5.92 Å². The van der Waals surface area contributed by atoms with Crippen LogP contribution >= 0.6 is 11.6 Å². The number of halogens is 1. The second-order valence-electron chi connectivity index (χ2n) is 5.68. The molecule has 0 spiro atoms. The fourth-order valence-electron chi connectivity index (χ4n) is 2.31. The number of likely N-dealkylation sites (tertiary alicyclic amines) is 1. The van der Waals surface area contributed by atoms with Crippen LogP contribution in [-0.4, -0.2) is 42.8 Å². The first kappa shape index (κ1) is 16.8. The zero-order valence-electron chi connectivity index (χ0n) is 13.1. The number of benzene rings is 1. The quantitative estimate of drug-likeness (QED) is 0.631. The highest BCUT2D eigenvalue weighted by molar-refractivity contribution is 6.30. The van der Waals surface area contributed by atoms with Crippen LogP contribution < -0.4 is 4.74 Å². The van der Waals surface area contributed by atoms with E-state index < -0.39 is 5.97 Å². The van der Waals surface area contributed by atoms with E-state index in [9.17, 15) is 4.79 Å². The number of nitrogens with zero attached hydrogens (tertiary/aromatic N) is 2. The summed E-state index contributed by atoms with van der Waals surface area (Å²) in [5.74, 6) is 0.336. The lowest BCUT2D eigenvalue weighted by Gasteiger charge is -2.34. The fourth-order valence-corrected chi connectivity index (χ4v) is 2.44. The molecule has 22 heavy (non-hydrogen) atoms. The number of hydrogen-bond donors (Lipinski definition) is 0. The van der Waals surface area contributed by atoms with Crippen molar-refractivity contribution < 1.29 is 14.4 Å². The van der Waals surface area contributed by atoms with Gasteiger partial charge in [-0.05, 0) is 38.2 Å². The van der Waals surface area contributed by atoms with Gasteiger partial charge in [0, 0.05) is 29.9 Å². The summed E-state index contributed by atoms with van der Waals surface area (Å²) < 4.78 is 5.32. The summed E-state index contributed by atoms with van der Waals surface area (Å²) in [5, 5.41) is 4.63. The maximum absolute atomic E-state index is 11.7. The molecule has 1 aromatic rings. The van der Waals surface area contributed by atoms with Crippen molar-refractivity contribution in [1.29, 1.82) is 0 Å².